The molecule has 0 aliphatic carbocycles. The van der Waals surface area contributed by atoms with E-state index in [1.165, 1.54) is 5.56 Å². The lowest BCUT2D eigenvalue weighted by atomic mass is 10.1. The van der Waals surface area contributed by atoms with E-state index in [1.807, 2.05) is 6.07 Å². The molecular formula is C11H11ClOS. The van der Waals surface area contributed by atoms with Crippen molar-refractivity contribution in [1.29, 1.82) is 0 Å². The molecule has 1 aromatic carbocycles. The Bertz CT molecular complexity index is 462. The summed E-state index contributed by atoms with van der Waals surface area (Å²) in [5.41, 5.74) is 1.27. The Morgan fingerprint density at radius 1 is 1.43 bits per heavy atom. The van der Waals surface area contributed by atoms with Crippen molar-refractivity contribution in [3.05, 3.63) is 28.6 Å². The van der Waals surface area contributed by atoms with Crippen LogP contribution in [0.1, 0.15) is 17.4 Å². The van der Waals surface area contributed by atoms with Gasteiger partial charge in [0.05, 0.1) is 10.6 Å². The van der Waals surface area contributed by atoms with Crippen LogP contribution in [-0.2, 0) is 12.3 Å². The van der Waals surface area contributed by atoms with E-state index in [2.05, 4.69) is 13.0 Å². The van der Waals surface area contributed by atoms with E-state index in [1.54, 1.807) is 17.4 Å². The van der Waals surface area contributed by atoms with E-state index in [0.29, 0.717) is 11.6 Å². The third-order valence-corrected chi connectivity index (χ3v) is 3.92. The lowest BCUT2D eigenvalue weighted by Crippen LogP contribution is -1.79. The van der Waals surface area contributed by atoms with Gasteiger partial charge in [-0.3, -0.25) is 0 Å². The van der Waals surface area contributed by atoms with Gasteiger partial charge in [-0.05, 0) is 29.5 Å². The topological polar surface area (TPSA) is 20.2 Å². The van der Waals surface area contributed by atoms with Crippen molar-refractivity contribution in [2.75, 3.05) is 0 Å². The minimum atomic E-state index is 0.360. The Labute approximate surface area is 91.9 Å². The average Bonchev–Trinajstić information content (AvgIpc) is 2.63. The highest BCUT2D eigenvalue weighted by molar-refractivity contribution is 7.19. The highest BCUT2D eigenvalue weighted by Gasteiger charge is 2.08. The van der Waals surface area contributed by atoms with Crippen molar-refractivity contribution in [1.82, 2.24) is 0 Å². The van der Waals surface area contributed by atoms with Crippen LogP contribution in [0.4, 0.5) is 0 Å². The molecule has 0 saturated heterocycles. The maximum atomic E-state index is 9.67. The van der Waals surface area contributed by atoms with Crippen molar-refractivity contribution in [3.8, 4) is 5.75 Å². The normalized spacial score (nSPS) is 11.0. The predicted molar refractivity (Wildman–Crippen MR) is 62.4 cm³/mol. The summed E-state index contributed by atoms with van der Waals surface area (Å²) in [6, 6.07) is 5.81. The van der Waals surface area contributed by atoms with E-state index >= 15 is 0 Å². The number of hydrogen-bond acceptors (Lipinski definition) is 2. The molecule has 1 nitrogen and oxygen atoms in total. The molecule has 0 atom stereocenters. The first-order valence-electron chi connectivity index (χ1n) is 4.55. The molecule has 1 aromatic heterocycles. The second-order valence-corrected chi connectivity index (χ2v) is 4.59. The van der Waals surface area contributed by atoms with Crippen LogP contribution in [0.2, 0.25) is 0 Å². The van der Waals surface area contributed by atoms with Crippen LogP contribution < -0.4 is 0 Å². The van der Waals surface area contributed by atoms with Crippen LogP contribution in [0.25, 0.3) is 10.1 Å². The molecule has 0 bridgehead atoms. The molecule has 1 N–H and O–H groups in total. The predicted octanol–water partition coefficient (Wildman–Crippen LogP) is 3.91. The number of aryl methyl sites for hydroxylation is 1. The van der Waals surface area contributed by atoms with Gasteiger partial charge in [-0.25, -0.2) is 0 Å². The van der Waals surface area contributed by atoms with Crippen LogP contribution >= 0.6 is 22.9 Å². The van der Waals surface area contributed by atoms with Crippen LogP contribution in [0.5, 0.6) is 5.75 Å². The van der Waals surface area contributed by atoms with Gasteiger partial charge in [0.1, 0.15) is 5.75 Å². The maximum absolute atomic E-state index is 9.67. The lowest BCUT2D eigenvalue weighted by molar-refractivity contribution is 0.482. The van der Waals surface area contributed by atoms with Crippen molar-refractivity contribution in [2.45, 2.75) is 19.2 Å². The molecule has 0 saturated carbocycles. The van der Waals surface area contributed by atoms with E-state index in [-0.39, 0.29) is 0 Å². The summed E-state index contributed by atoms with van der Waals surface area (Å²) in [7, 11) is 0. The first-order valence-corrected chi connectivity index (χ1v) is 5.90. The van der Waals surface area contributed by atoms with Crippen LogP contribution in [0, 0.1) is 0 Å². The van der Waals surface area contributed by atoms with Gasteiger partial charge >= 0.3 is 0 Å². The number of aromatic hydroxyl groups is 1. The van der Waals surface area contributed by atoms with Gasteiger partial charge in [0.2, 0.25) is 0 Å². The smallest absolute Gasteiger partial charge is 0.133 e. The standard InChI is InChI=1S/C11H11ClOS/c1-2-7-3-4-10(13)11-9(7)5-8(6-12)14-11/h3-5,13H,2,6H2,1H3. The number of alkyl halides is 1. The van der Waals surface area contributed by atoms with Gasteiger partial charge in [-0.15, -0.1) is 22.9 Å². The van der Waals surface area contributed by atoms with E-state index in [4.69, 9.17) is 11.6 Å². The Morgan fingerprint density at radius 2 is 2.21 bits per heavy atom. The largest absolute Gasteiger partial charge is 0.506 e. The number of phenolic OH excluding ortho intramolecular Hbond substituents is 1. The third-order valence-electron chi connectivity index (χ3n) is 2.32. The number of fused-ring (bicyclic) bond motifs is 1. The number of rotatable bonds is 2. The van der Waals surface area contributed by atoms with E-state index in [9.17, 15) is 5.11 Å². The summed E-state index contributed by atoms with van der Waals surface area (Å²) >= 11 is 7.35. The van der Waals surface area contributed by atoms with Crippen molar-refractivity contribution >= 4 is 33.0 Å². The van der Waals surface area contributed by atoms with Gasteiger partial charge in [0.25, 0.3) is 0 Å². The lowest BCUT2D eigenvalue weighted by Gasteiger charge is -2.00. The van der Waals surface area contributed by atoms with E-state index in [0.717, 1.165) is 21.4 Å². The number of halogens is 1. The quantitative estimate of drug-likeness (QED) is 0.770. The highest BCUT2D eigenvalue weighted by atomic mass is 35.5. The molecule has 2 rings (SSSR count). The SMILES string of the molecule is CCc1ccc(O)c2sc(CCl)cc12. The van der Waals surface area contributed by atoms with Gasteiger partial charge in [-0.2, -0.15) is 0 Å². The van der Waals surface area contributed by atoms with Gasteiger partial charge < -0.3 is 5.11 Å². The molecule has 0 aliphatic heterocycles. The number of hydrogen-bond donors (Lipinski definition) is 1. The highest BCUT2D eigenvalue weighted by Crippen LogP contribution is 2.35. The molecule has 0 fully saturated rings. The van der Waals surface area contributed by atoms with Crippen molar-refractivity contribution in [2.24, 2.45) is 0 Å². The second kappa shape index (κ2) is 3.79. The van der Waals surface area contributed by atoms with Crippen molar-refractivity contribution in [3.63, 3.8) is 0 Å². The summed E-state index contributed by atoms with van der Waals surface area (Å²) in [6.45, 7) is 2.11. The van der Waals surface area contributed by atoms with Crippen LogP contribution in [0.15, 0.2) is 18.2 Å². The fourth-order valence-electron chi connectivity index (χ4n) is 1.59. The zero-order chi connectivity index (χ0) is 10.1. The second-order valence-electron chi connectivity index (χ2n) is 3.19. The molecule has 2 aromatic rings. The zero-order valence-electron chi connectivity index (χ0n) is 7.88. The summed E-state index contributed by atoms with van der Waals surface area (Å²) in [6.07, 6.45) is 0.981. The number of thiophene rings is 1. The summed E-state index contributed by atoms with van der Waals surface area (Å²) in [5.74, 6) is 0.876. The van der Waals surface area contributed by atoms with Crippen LogP contribution in [-0.4, -0.2) is 5.11 Å². The molecule has 1 heterocycles. The van der Waals surface area contributed by atoms with Crippen molar-refractivity contribution < 1.29 is 5.11 Å². The number of benzene rings is 1. The Hall–Kier alpha value is -0.730. The molecule has 74 valence electrons. The van der Waals surface area contributed by atoms with Crippen LogP contribution in [0.3, 0.4) is 0 Å². The molecular weight excluding hydrogens is 216 g/mol. The summed E-state index contributed by atoms with van der Waals surface area (Å²) < 4.78 is 0.958. The molecule has 0 radical (unpaired) electrons. The van der Waals surface area contributed by atoms with Gasteiger partial charge in [-0.1, -0.05) is 13.0 Å². The Kier molecular flexibility index (Phi) is 2.66. The Morgan fingerprint density at radius 3 is 2.86 bits per heavy atom. The molecule has 0 aliphatic rings. The molecule has 14 heavy (non-hydrogen) atoms. The van der Waals surface area contributed by atoms with Gasteiger partial charge in [0, 0.05) is 4.88 Å². The summed E-state index contributed by atoms with van der Waals surface area (Å²) in [4.78, 5) is 1.11. The first kappa shape index (κ1) is 9.81. The van der Waals surface area contributed by atoms with Gasteiger partial charge in [0.15, 0.2) is 0 Å². The molecule has 3 heteroatoms. The fourth-order valence-corrected chi connectivity index (χ4v) is 2.80. The average molecular weight is 227 g/mol. The fraction of sp³-hybridized carbons (Fsp3) is 0.273. The monoisotopic (exact) mass is 226 g/mol. The molecule has 0 amide bonds. The van der Waals surface area contributed by atoms with E-state index < -0.39 is 0 Å². The number of phenols is 1. The zero-order valence-corrected chi connectivity index (χ0v) is 9.45. The minimum Gasteiger partial charge on any atom is -0.506 e. The first-order chi connectivity index (χ1) is 6.76. The maximum Gasteiger partial charge on any atom is 0.133 e. The Balaban J connectivity index is 2.74. The minimum absolute atomic E-state index is 0.360. The molecule has 0 spiro atoms. The molecule has 0 unspecified atom stereocenters. The third kappa shape index (κ3) is 1.49. The summed E-state index contributed by atoms with van der Waals surface area (Å²) in [5, 5.41) is 10.8.